The van der Waals surface area contributed by atoms with Gasteiger partial charge in [-0.05, 0) is 56.5 Å². The number of amides is 1. The average Bonchev–Trinajstić information content (AvgIpc) is 3.36. The Morgan fingerprint density at radius 3 is 2.45 bits per heavy atom. The van der Waals surface area contributed by atoms with E-state index in [2.05, 4.69) is 4.90 Å². The molecule has 9 heteroatoms. The molecule has 1 aromatic carbocycles. The van der Waals surface area contributed by atoms with Crippen LogP contribution in [0.5, 0.6) is 5.75 Å². The van der Waals surface area contributed by atoms with Crippen LogP contribution in [0.15, 0.2) is 17.0 Å². The van der Waals surface area contributed by atoms with Crippen LogP contribution in [0.3, 0.4) is 0 Å². The van der Waals surface area contributed by atoms with Crippen molar-refractivity contribution in [2.45, 2.75) is 48.7 Å². The van der Waals surface area contributed by atoms with E-state index in [1.54, 1.807) is 6.26 Å². The second-order valence-electron chi connectivity index (χ2n) is 7.68. The lowest BCUT2D eigenvalue weighted by molar-refractivity contribution is 0.00251. The first-order chi connectivity index (χ1) is 13.8. The van der Waals surface area contributed by atoms with E-state index in [1.807, 2.05) is 0 Å². The normalized spacial score (nSPS) is 24.4. The van der Waals surface area contributed by atoms with E-state index >= 15 is 0 Å². The summed E-state index contributed by atoms with van der Waals surface area (Å²) in [5, 5.41) is 0. The number of hydrogen-bond acceptors (Lipinski definition) is 6. The quantitative estimate of drug-likeness (QED) is 0.553. The van der Waals surface area contributed by atoms with Gasteiger partial charge in [0.05, 0.1) is 12.7 Å². The minimum absolute atomic E-state index is 0.00975. The van der Waals surface area contributed by atoms with Gasteiger partial charge in [-0.25, -0.2) is 0 Å². The predicted octanol–water partition coefficient (Wildman–Crippen LogP) is 2.78. The number of piperidine rings is 1. The number of benzene rings is 1. The SMILES string of the molecule is C1CC(N2CCC3CC32)CCO1.COc1cc(C(N)(F)F)cc(SC)c1C(N)=O. The van der Waals surface area contributed by atoms with Crippen LogP contribution in [-0.4, -0.2) is 56.0 Å². The number of primary amides is 1. The summed E-state index contributed by atoms with van der Waals surface area (Å²) in [6.45, 7) is 3.37. The fourth-order valence-corrected chi connectivity index (χ4v) is 4.90. The molecule has 2 aliphatic heterocycles. The number of nitrogens with two attached hydrogens (primary N) is 2. The molecule has 0 bridgehead atoms. The van der Waals surface area contributed by atoms with Gasteiger partial charge in [0.15, 0.2) is 0 Å². The van der Waals surface area contributed by atoms with Gasteiger partial charge in [0.25, 0.3) is 5.91 Å². The standard InChI is InChI=1S/C10H12F2N2O2S.C10H17NO/c1-16-6-3-5(10(11,12)14)4-7(17-2)8(6)9(13)15;1-4-11(10-7-8(1)10)9-2-5-12-6-3-9/h3-4H,14H2,1-2H3,(H2,13,15);8-10H,1-7H2. The van der Waals surface area contributed by atoms with Gasteiger partial charge in [0.1, 0.15) is 5.75 Å². The lowest BCUT2D eigenvalue weighted by Crippen LogP contribution is -2.39. The Kier molecular flexibility index (Phi) is 7.03. The summed E-state index contributed by atoms with van der Waals surface area (Å²) in [6, 6.07) is 0.519. The lowest BCUT2D eigenvalue weighted by atomic mass is 10.1. The first kappa shape index (κ1) is 22.3. The third-order valence-electron chi connectivity index (χ3n) is 5.87. The molecule has 29 heavy (non-hydrogen) atoms. The number of ether oxygens (including phenoxy) is 2. The fourth-order valence-electron chi connectivity index (χ4n) is 4.25. The molecule has 0 radical (unpaired) electrons. The predicted molar refractivity (Wildman–Crippen MR) is 108 cm³/mol. The van der Waals surface area contributed by atoms with Gasteiger partial charge in [0, 0.05) is 35.8 Å². The molecule has 2 atom stereocenters. The van der Waals surface area contributed by atoms with E-state index in [0.717, 1.165) is 55.1 Å². The van der Waals surface area contributed by atoms with E-state index < -0.39 is 17.5 Å². The molecule has 3 aliphatic rings. The zero-order chi connectivity index (χ0) is 21.2. The Hall–Kier alpha value is -1.42. The van der Waals surface area contributed by atoms with E-state index in [4.69, 9.17) is 20.9 Å². The van der Waals surface area contributed by atoms with Crippen LogP contribution in [0.2, 0.25) is 0 Å². The Bertz CT molecular complexity index is 713. The van der Waals surface area contributed by atoms with Crippen molar-refractivity contribution in [1.82, 2.24) is 4.90 Å². The van der Waals surface area contributed by atoms with Crippen molar-refractivity contribution in [2.75, 3.05) is 33.1 Å². The minimum Gasteiger partial charge on any atom is -0.496 e. The monoisotopic (exact) mass is 429 g/mol. The number of halogens is 2. The number of hydrogen-bond donors (Lipinski definition) is 2. The van der Waals surface area contributed by atoms with Crippen LogP contribution in [0.1, 0.15) is 41.6 Å². The summed E-state index contributed by atoms with van der Waals surface area (Å²) in [4.78, 5) is 14.3. The van der Waals surface area contributed by atoms with Crippen LogP contribution < -0.4 is 16.2 Å². The van der Waals surface area contributed by atoms with Crippen LogP contribution >= 0.6 is 11.8 Å². The fraction of sp³-hybridized carbons (Fsp3) is 0.650. The second-order valence-corrected chi connectivity index (χ2v) is 8.52. The summed E-state index contributed by atoms with van der Waals surface area (Å²) in [7, 11) is 1.27. The molecule has 1 aromatic rings. The molecular formula is C20H29F2N3O3S. The number of carbonyl (C=O) groups is 1. The molecule has 1 aliphatic carbocycles. The highest BCUT2D eigenvalue weighted by Gasteiger charge is 2.48. The second kappa shape index (κ2) is 9.16. The molecule has 0 spiro atoms. The molecular weight excluding hydrogens is 400 g/mol. The van der Waals surface area contributed by atoms with Crippen molar-refractivity contribution in [3.05, 3.63) is 23.3 Å². The Morgan fingerprint density at radius 2 is 2.00 bits per heavy atom. The maximum Gasteiger partial charge on any atom is 0.327 e. The molecule has 1 saturated carbocycles. The molecule has 3 fully saturated rings. The molecule has 2 unspecified atom stereocenters. The van der Waals surface area contributed by atoms with Crippen LogP contribution in [0.4, 0.5) is 8.78 Å². The van der Waals surface area contributed by atoms with Crippen LogP contribution in [0, 0.1) is 5.92 Å². The maximum atomic E-state index is 13.0. The van der Waals surface area contributed by atoms with Gasteiger partial charge >= 0.3 is 6.05 Å². The Balaban J connectivity index is 0.000000174. The van der Waals surface area contributed by atoms with Gasteiger partial charge in [-0.1, -0.05) is 0 Å². The van der Waals surface area contributed by atoms with Crippen molar-refractivity contribution in [3.63, 3.8) is 0 Å². The molecule has 4 N–H and O–H groups in total. The van der Waals surface area contributed by atoms with Gasteiger partial charge in [-0.3, -0.25) is 15.4 Å². The van der Waals surface area contributed by atoms with Gasteiger partial charge in [-0.15, -0.1) is 11.8 Å². The summed E-state index contributed by atoms with van der Waals surface area (Å²) in [6.07, 6.45) is 7.17. The average molecular weight is 430 g/mol. The van der Waals surface area contributed by atoms with Crippen molar-refractivity contribution < 1.29 is 23.0 Å². The Labute approximate surface area is 174 Å². The van der Waals surface area contributed by atoms with Crippen LogP contribution in [-0.2, 0) is 10.8 Å². The van der Waals surface area contributed by atoms with Crippen molar-refractivity contribution in [3.8, 4) is 5.75 Å². The van der Waals surface area contributed by atoms with Crippen molar-refractivity contribution in [1.29, 1.82) is 0 Å². The zero-order valence-electron chi connectivity index (χ0n) is 16.8. The van der Waals surface area contributed by atoms with Gasteiger partial charge in [0.2, 0.25) is 0 Å². The van der Waals surface area contributed by atoms with Gasteiger partial charge < -0.3 is 15.2 Å². The van der Waals surface area contributed by atoms with E-state index in [1.165, 1.54) is 39.3 Å². The number of fused-ring (bicyclic) bond motifs is 1. The molecule has 162 valence electrons. The number of rotatable bonds is 5. The number of carbonyl (C=O) groups excluding carboxylic acids is 1. The topological polar surface area (TPSA) is 90.8 Å². The highest BCUT2D eigenvalue weighted by atomic mass is 32.2. The molecule has 6 nitrogen and oxygen atoms in total. The maximum absolute atomic E-state index is 13.0. The molecule has 1 amide bonds. The van der Waals surface area contributed by atoms with Crippen molar-refractivity contribution in [2.24, 2.45) is 17.4 Å². The van der Waals surface area contributed by atoms with E-state index in [-0.39, 0.29) is 11.3 Å². The number of methoxy groups -OCH3 is 1. The summed E-state index contributed by atoms with van der Waals surface area (Å²) in [5.41, 5.74) is 9.54. The molecule has 0 aromatic heterocycles. The summed E-state index contributed by atoms with van der Waals surface area (Å²) >= 11 is 1.11. The third kappa shape index (κ3) is 5.20. The Morgan fingerprint density at radius 1 is 1.31 bits per heavy atom. The van der Waals surface area contributed by atoms with E-state index in [9.17, 15) is 13.6 Å². The highest BCUT2D eigenvalue weighted by Crippen LogP contribution is 2.46. The number of alkyl halides is 2. The minimum atomic E-state index is -3.49. The smallest absolute Gasteiger partial charge is 0.327 e. The largest absolute Gasteiger partial charge is 0.496 e. The molecule has 2 saturated heterocycles. The highest BCUT2D eigenvalue weighted by molar-refractivity contribution is 7.98. The first-order valence-corrected chi connectivity index (χ1v) is 11.0. The summed E-state index contributed by atoms with van der Waals surface area (Å²) in [5.74, 6) is 0.343. The lowest BCUT2D eigenvalue weighted by Gasteiger charge is -2.32. The van der Waals surface area contributed by atoms with Gasteiger partial charge in [-0.2, -0.15) is 8.78 Å². The van der Waals surface area contributed by atoms with Crippen LogP contribution in [0.25, 0.3) is 0 Å². The number of nitrogens with zero attached hydrogens (tertiary/aromatic N) is 1. The van der Waals surface area contributed by atoms with E-state index in [0.29, 0.717) is 4.90 Å². The third-order valence-corrected chi connectivity index (χ3v) is 6.63. The number of likely N-dealkylation sites (tertiary alicyclic amines) is 1. The zero-order valence-corrected chi connectivity index (χ0v) is 17.6. The number of thioether (sulfide) groups is 1. The molecule has 4 rings (SSSR count). The molecule has 2 heterocycles. The first-order valence-electron chi connectivity index (χ1n) is 9.82. The van der Waals surface area contributed by atoms with Crippen molar-refractivity contribution >= 4 is 17.7 Å². The summed E-state index contributed by atoms with van der Waals surface area (Å²) < 4.78 is 36.3.